The Kier molecular flexibility index (Phi) is 5.51. The van der Waals surface area contributed by atoms with Crippen molar-refractivity contribution in [3.63, 3.8) is 0 Å². The van der Waals surface area contributed by atoms with Crippen LogP contribution in [0.2, 0.25) is 0 Å². The van der Waals surface area contributed by atoms with E-state index in [0.29, 0.717) is 13.0 Å². The van der Waals surface area contributed by atoms with E-state index in [1.54, 1.807) is 6.07 Å². The Hall–Kier alpha value is -2.48. The molecule has 0 bridgehead atoms. The highest BCUT2D eigenvalue weighted by Crippen LogP contribution is 2.28. The van der Waals surface area contributed by atoms with Crippen molar-refractivity contribution in [1.82, 2.24) is 5.32 Å². The molecule has 0 aromatic heterocycles. The number of benzene rings is 1. The SMILES string of the molecule is O=C(NC(C(=O)O)C1CCCOC1)C1CC(=O)N(c2ccccc2F)C1. The number of carboxylic acid groups (broad SMARTS) is 1. The first-order chi connectivity index (χ1) is 12.5. The van der Waals surface area contributed by atoms with Crippen LogP contribution in [0.1, 0.15) is 19.3 Å². The zero-order valence-electron chi connectivity index (χ0n) is 14.2. The smallest absolute Gasteiger partial charge is 0.326 e. The second-order valence-electron chi connectivity index (χ2n) is 6.66. The van der Waals surface area contributed by atoms with Crippen LogP contribution in [-0.4, -0.2) is 48.7 Å². The van der Waals surface area contributed by atoms with E-state index >= 15 is 0 Å². The number of anilines is 1. The van der Waals surface area contributed by atoms with Gasteiger partial charge in [0.05, 0.1) is 18.2 Å². The molecule has 1 aromatic carbocycles. The molecule has 2 saturated heterocycles. The Morgan fingerprint density at radius 1 is 1.35 bits per heavy atom. The molecule has 7 nitrogen and oxygen atoms in total. The van der Waals surface area contributed by atoms with E-state index in [0.717, 1.165) is 6.42 Å². The maximum Gasteiger partial charge on any atom is 0.326 e. The first-order valence-electron chi connectivity index (χ1n) is 8.63. The number of carbonyl (C=O) groups is 3. The minimum absolute atomic E-state index is 0.0269. The molecule has 2 N–H and O–H groups in total. The molecule has 2 aliphatic heterocycles. The summed E-state index contributed by atoms with van der Waals surface area (Å²) >= 11 is 0. The molecule has 0 radical (unpaired) electrons. The van der Waals surface area contributed by atoms with Gasteiger partial charge in [-0.25, -0.2) is 9.18 Å². The summed E-state index contributed by atoms with van der Waals surface area (Å²) in [5.41, 5.74) is 0.128. The van der Waals surface area contributed by atoms with Gasteiger partial charge in [0.15, 0.2) is 0 Å². The van der Waals surface area contributed by atoms with Gasteiger partial charge in [0.2, 0.25) is 11.8 Å². The molecule has 2 aliphatic rings. The summed E-state index contributed by atoms with van der Waals surface area (Å²) in [6, 6.07) is 4.81. The Labute approximate surface area is 150 Å². The molecule has 2 heterocycles. The summed E-state index contributed by atoms with van der Waals surface area (Å²) in [4.78, 5) is 37.5. The molecular weight excluding hydrogens is 343 g/mol. The van der Waals surface area contributed by atoms with Gasteiger partial charge in [-0.1, -0.05) is 12.1 Å². The average molecular weight is 364 g/mol. The number of ether oxygens (including phenoxy) is 1. The number of para-hydroxylation sites is 1. The third kappa shape index (κ3) is 3.85. The van der Waals surface area contributed by atoms with Crippen molar-refractivity contribution >= 4 is 23.5 Å². The molecule has 140 valence electrons. The Balaban J connectivity index is 1.67. The number of hydrogen-bond donors (Lipinski definition) is 2. The highest BCUT2D eigenvalue weighted by atomic mass is 19.1. The third-order valence-electron chi connectivity index (χ3n) is 4.87. The van der Waals surface area contributed by atoms with Crippen LogP contribution >= 0.6 is 0 Å². The molecular formula is C18H21FN2O5. The van der Waals surface area contributed by atoms with Crippen LogP contribution in [0.15, 0.2) is 24.3 Å². The minimum atomic E-state index is -1.12. The fraction of sp³-hybridized carbons (Fsp3) is 0.500. The van der Waals surface area contributed by atoms with E-state index < -0.39 is 29.7 Å². The summed E-state index contributed by atoms with van der Waals surface area (Å²) in [5.74, 6) is -3.54. The number of amides is 2. The van der Waals surface area contributed by atoms with Crippen molar-refractivity contribution in [2.75, 3.05) is 24.7 Å². The second-order valence-corrected chi connectivity index (χ2v) is 6.66. The summed E-state index contributed by atoms with van der Waals surface area (Å²) in [6.45, 7) is 0.896. The van der Waals surface area contributed by atoms with Gasteiger partial charge in [0.25, 0.3) is 0 Å². The predicted molar refractivity (Wildman–Crippen MR) is 90.0 cm³/mol. The summed E-state index contributed by atoms with van der Waals surface area (Å²) in [5, 5.41) is 12.0. The molecule has 2 amide bonds. The van der Waals surface area contributed by atoms with Crippen LogP contribution < -0.4 is 10.2 Å². The van der Waals surface area contributed by atoms with Gasteiger partial charge < -0.3 is 20.1 Å². The molecule has 8 heteroatoms. The quantitative estimate of drug-likeness (QED) is 0.818. The monoisotopic (exact) mass is 364 g/mol. The van der Waals surface area contributed by atoms with Crippen LogP contribution in [0.4, 0.5) is 10.1 Å². The molecule has 3 atom stereocenters. The summed E-state index contributed by atoms with van der Waals surface area (Å²) in [6.07, 6.45) is 1.32. The lowest BCUT2D eigenvalue weighted by atomic mass is 9.93. The highest BCUT2D eigenvalue weighted by molar-refractivity contribution is 6.00. The van der Waals surface area contributed by atoms with Crippen molar-refractivity contribution < 1.29 is 28.6 Å². The van der Waals surface area contributed by atoms with Gasteiger partial charge in [-0.05, 0) is 25.0 Å². The summed E-state index contributed by atoms with van der Waals surface area (Å²) in [7, 11) is 0. The third-order valence-corrected chi connectivity index (χ3v) is 4.87. The lowest BCUT2D eigenvalue weighted by Crippen LogP contribution is -2.50. The maximum absolute atomic E-state index is 13.9. The molecule has 1 aromatic rings. The molecule has 26 heavy (non-hydrogen) atoms. The Bertz CT molecular complexity index is 705. The summed E-state index contributed by atoms with van der Waals surface area (Å²) < 4.78 is 19.2. The van der Waals surface area contributed by atoms with Crippen LogP contribution in [0.25, 0.3) is 0 Å². The van der Waals surface area contributed by atoms with Gasteiger partial charge in [0.1, 0.15) is 11.9 Å². The van der Waals surface area contributed by atoms with E-state index in [1.807, 2.05) is 0 Å². The number of hydrogen-bond acceptors (Lipinski definition) is 4. The van der Waals surface area contributed by atoms with Gasteiger partial charge in [-0.3, -0.25) is 9.59 Å². The largest absolute Gasteiger partial charge is 0.480 e. The fourth-order valence-corrected chi connectivity index (χ4v) is 3.47. The van der Waals surface area contributed by atoms with E-state index in [4.69, 9.17) is 4.74 Å². The maximum atomic E-state index is 13.9. The first-order valence-corrected chi connectivity index (χ1v) is 8.63. The lowest BCUT2D eigenvalue weighted by Gasteiger charge is -2.28. The van der Waals surface area contributed by atoms with Crippen LogP contribution in [0, 0.1) is 17.7 Å². The van der Waals surface area contributed by atoms with Crippen molar-refractivity contribution in [3.05, 3.63) is 30.1 Å². The molecule has 3 rings (SSSR count). The van der Waals surface area contributed by atoms with Crippen molar-refractivity contribution in [1.29, 1.82) is 0 Å². The number of carboxylic acids is 1. The van der Waals surface area contributed by atoms with Crippen molar-refractivity contribution in [3.8, 4) is 0 Å². The average Bonchev–Trinajstić information content (AvgIpc) is 3.02. The Morgan fingerprint density at radius 3 is 2.77 bits per heavy atom. The number of halogens is 1. The predicted octanol–water partition coefficient (Wildman–Crippen LogP) is 1.17. The van der Waals surface area contributed by atoms with Crippen molar-refractivity contribution in [2.45, 2.75) is 25.3 Å². The van der Waals surface area contributed by atoms with Gasteiger partial charge in [-0.2, -0.15) is 0 Å². The fourth-order valence-electron chi connectivity index (χ4n) is 3.47. The van der Waals surface area contributed by atoms with E-state index in [2.05, 4.69) is 5.32 Å². The first kappa shape index (κ1) is 18.3. The van der Waals surface area contributed by atoms with Crippen LogP contribution in [0.3, 0.4) is 0 Å². The zero-order valence-corrected chi connectivity index (χ0v) is 14.2. The van der Waals surface area contributed by atoms with Gasteiger partial charge in [0, 0.05) is 25.5 Å². The zero-order chi connectivity index (χ0) is 18.7. The Morgan fingerprint density at radius 2 is 2.12 bits per heavy atom. The van der Waals surface area contributed by atoms with Gasteiger partial charge in [-0.15, -0.1) is 0 Å². The van der Waals surface area contributed by atoms with E-state index in [1.165, 1.54) is 23.1 Å². The number of nitrogens with zero attached hydrogens (tertiary/aromatic N) is 1. The number of nitrogens with one attached hydrogen (secondary N) is 1. The topological polar surface area (TPSA) is 95.9 Å². The normalized spacial score (nSPS) is 24.3. The standard InChI is InChI=1S/C18H21FN2O5/c19-13-5-1-2-6-14(13)21-9-12(8-15(21)22)17(23)20-16(18(24)25)11-4-3-7-26-10-11/h1-2,5-6,11-12,16H,3-4,7-10H2,(H,20,23)(H,24,25). The number of carbonyl (C=O) groups excluding carboxylic acids is 2. The molecule has 0 spiro atoms. The number of rotatable bonds is 5. The number of aliphatic carboxylic acids is 1. The lowest BCUT2D eigenvalue weighted by molar-refractivity contribution is -0.145. The highest BCUT2D eigenvalue weighted by Gasteiger charge is 2.39. The van der Waals surface area contributed by atoms with Crippen LogP contribution in [0.5, 0.6) is 0 Å². The van der Waals surface area contributed by atoms with Gasteiger partial charge >= 0.3 is 5.97 Å². The molecule has 0 saturated carbocycles. The van der Waals surface area contributed by atoms with Crippen molar-refractivity contribution in [2.24, 2.45) is 11.8 Å². The molecule has 3 unspecified atom stereocenters. The van der Waals surface area contributed by atoms with E-state index in [-0.39, 0.29) is 37.1 Å². The second kappa shape index (κ2) is 7.82. The molecule has 2 fully saturated rings. The van der Waals surface area contributed by atoms with E-state index in [9.17, 15) is 23.9 Å². The van der Waals surface area contributed by atoms with Crippen LogP contribution in [-0.2, 0) is 19.1 Å². The molecule has 0 aliphatic carbocycles. The minimum Gasteiger partial charge on any atom is -0.480 e.